The first-order valence-electron chi connectivity index (χ1n) is 6.24. The minimum Gasteiger partial charge on any atom is -0.493 e. The van der Waals surface area contributed by atoms with Crippen LogP contribution in [-0.2, 0) is 0 Å². The molecule has 3 heteroatoms. The molecule has 1 atom stereocenters. The maximum absolute atomic E-state index is 6.36. The summed E-state index contributed by atoms with van der Waals surface area (Å²) in [5.74, 6) is 2.13. The zero-order valence-electron chi connectivity index (χ0n) is 10.6. The predicted molar refractivity (Wildman–Crippen MR) is 68.4 cm³/mol. The van der Waals surface area contributed by atoms with Gasteiger partial charge in [0.05, 0.1) is 14.2 Å². The van der Waals surface area contributed by atoms with Crippen LogP contribution in [0.25, 0.3) is 0 Å². The van der Waals surface area contributed by atoms with Crippen molar-refractivity contribution < 1.29 is 9.47 Å². The van der Waals surface area contributed by atoms with Gasteiger partial charge in [0.15, 0.2) is 11.5 Å². The Morgan fingerprint density at radius 2 is 1.88 bits per heavy atom. The molecule has 1 aromatic carbocycles. The van der Waals surface area contributed by atoms with Gasteiger partial charge in [0.2, 0.25) is 0 Å². The highest BCUT2D eigenvalue weighted by Crippen LogP contribution is 2.40. The number of benzene rings is 1. The van der Waals surface area contributed by atoms with Crippen molar-refractivity contribution in [2.45, 2.75) is 31.7 Å². The molecule has 0 spiro atoms. The second kappa shape index (κ2) is 5.41. The van der Waals surface area contributed by atoms with E-state index in [9.17, 15) is 0 Å². The Morgan fingerprint density at radius 1 is 1.18 bits per heavy atom. The van der Waals surface area contributed by atoms with Crippen molar-refractivity contribution in [1.29, 1.82) is 0 Å². The van der Waals surface area contributed by atoms with Crippen molar-refractivity contribution in [3.63, 3.8) is 0 Å². The van der Waals surface area contributed by atoms with E-state index < -0.39 is 0 Å². The fraction of sp³-hybridized carbons (Fsp3) is 0.571. The fourth-order valence-electron chi connectivity index (χ4n) is 2.74. The van der Waals surface area contributed by atoms with E-state index in [1.165, 1.54) is 25.7 Å². The van der Waals surface area contributed by atoms with Gasteiger partial charge in [-0.05, 0) is 24.8 Å². The first-order chi connectivity index (χ1) is 8.27. The number of nitrogens with two attached hydrogens (primary N) is 1. The van der Waals surface area contributed by atoms with Crippen LogP contribution in [0.5, 0.6) is 11.5 Å². The molecule has 17 heavy (non-hydrogen) atoms. The van der Waals surface area contributed by atoms with Crippen molar-refractivity contribution in [2.24, 2.45) is 11.7 Å². The van der Waals surface area contributed by atoms with Crippen LogP contribution in [0.15, 0.2) is 18.2 Å². The van der Waals surface area contributed by atoms with Crippen LogP contribution in [0.2, 0.25) is 0 Å². The van der Waals surface area contributed by atoms with Crippen molar-refractivity contribution in [2.75, 3.05) is 14.2 Å². The molecule has 0 unspecified atom stereocenters. The molecule has 1 aliphatic rings. The highest BCUT2D eigenvalue weighted by molar-refractivity contribution is 5.48. The summed E-state index contributed by atoms with van der Waals surface area (Å²) in [6.07, 6.45) is 5.04. The van der Waals surface area contributed by atoms with Gasteiger partial charge in [-0.25, -0.2) is 0 Å². The Hall–Kier alpha value is -1.22. The lowest BCUT2D eigenvalue weighted by Gasteiger charge is -2.22. The average molecular weight is 235 g/mol. The van der Waals surface area contributed by atoms with Gasteiger partial charge in [-0.15, -0.1) is 0 Å². The van der Waals surface area contributed by atoms with E-state index in [-0.39, 0.29) is 6.04 Å². The van der Waals surface area contributed by atoms with Gasteiger partial charge in [0.1, 0.15) is 0 Å². The summed E-state index contributed by atoms with van der Waals surface area (Å²) in [5.41, 5.74) is 7.43. The molecule has 0 aliphatic heterocycles. The van der Waals surface area contributed by atoms with E-state index in [0.29, 0.717) is 5.92 Å². The maximum atomic E-state index is 6.36. The maximum Gasteiger partial charge on any atom is 0.165 e. The third-order valence-corrected chi connectivity index (χ3v) is 3.70. The van der Waals surface area contributed by atoms with Crippen molar-refractivity contribution >= 4 is 0 Å². The Bertz CT molecular complexity index is 372. The van der Waals surface area contributed by atoms with Gasteiger partial charge in [0, 0.05) is 11.6 Å². The molecule has 1 fully saturated rings. The minimum atomic E-state index is 0.0579. The van der Waals surface area contributed by atoms with Crippen LogP contribution in [0.4, 0.5) is 0 Å². The second-order valence-corrected chi connectivity index (χ2v) is 4.65. The van der Waals surface area contributed by atoms with E-state index in [1.807, 2.05) is 18.2 Å². The average Bonchev–Trinajstić information content (AvgIpc) is 2.90. The molecule has 94 valence electrons. The van der Waals surface area contributed by atoms with Crippen LogP contribution >= 0.6 is 0 Å². The number of methoxy groups -OCH3 is 2. The summed E-state index contributed by atoms with van der Waals surface area (Å²) >= 11 is 0. The molecular weight excluding hydrogens is 214 g/mol. The SMILES string of the molecule is COc1cccc([C@@H](N)C2CCCC2)c1OC. The number of para-hydroxylation sites is 1. The van der Waals surface area contributed by atoms with E-state index in [4.69, 9.17) is 15.2 Å². The fourth-order valence-corrected chi connectivity index (χ4v) is 2.74. The van der Waals surface area contributed by atoms with Crippen molar-refractivity contribution in [1.82, 2.24) is 0 Å². The molecule has 0 amide bonds. The molecular formula is C14H21NO2. The standard InChI is InChI=1S/C14H21NO2/c1-16-12-9-5-8-11(14(12)17-2)13(15)10-6-3-4-7-10/h5,8-10,13H,3-4,6-7,15H2,1-2H3/t13-/m0/s1. The quantitative estimate of drug-likeness (QED) is 0.872. The molecule has 0 heterocycles. The van der Waals surface area contributed by atoms with E-state index in [1.54, 1.807) is 14.2 Å². The molecule has 0 aromatic heterocycles. The third kappa shape index (κ3) is 2.39. The molecule has 2 rings (SSSR count). The van der Waals surface area contributed by atoms with Crippen LogP contribution < -0.4 is 15.2 Å². The van der Waals surface area contributed by atoms with Gasteiger partial charge in [-0.1, -0.05) is 25.0 Å². The van der Waals surface area contributed by atoms with Crippen molar-refractivity contribution in [3.8, 4) is 11.5 Å². The Balaban J connectivity index is 2.29. The summed E-state index contributed by atoms with van der Waals surface area (Å²) in [6, 6.07) is 5.99. The number of ether oxygens (including phenoxy) is 2. The lowest BCUT2D eigenvalue weighted by Crippen LogP contribution is -2.20. The van der Waals surface area contributed by atoms with E-state index in [2.05, 4.69) is 0 Å². The topological polar surface area (TPSA) is 44.5 Å². The first-order valence-corrected chi connectivity index (χ1v) is 6.24. The third-order valence-electron chi connectivity index (χ3n) is 3.70. The molecule has 1 aromatic rings. The Labute approximate surface area is 103 Å². The van der Waals surface area contributed by atoms with Gasteiger partial charge in [-0.2, -0.15) is 0 Å². The summed E-state index contributed by atoms with van der Waals surface area (Å²) in [4.78, 5) is 0. The minimum absolute atomic E-state index is 0.0579. The van der Waals surface area contributed by atoms with Gasteiger partial charge in [-0.3, -0.25) is 0 Å². The van der Waals surface area contributed by atoms with E-state index in [0.717, 1.165) is 17.1 Å². The van der Waals surface area contributed by atoms with Gasteiger partial charge >= 0.3 is 0 Å². The zero-order chi connectivity index (χ0) is 12.3. The molecule has 0 saturated heterocycles. The highest BCUT2D eigenvalue weighted by Gasteiger charge is 2.26. The number of hydrogen-bond donors (Lipinski definition) is 1. The predicted octanol–water partition coefficient (Wildman–Crippen LogP) is 2.89. The normalized spacial score (nSPS) is 18.1. The largest absolute Gasteiger partial charge is 0.493 e. The molecule has 0 radical (unpaired) electrons. The summed E-state index contributed by atoms with van der Waals surface area (Å²) in [7, 11) is 3.32. The lowest BCUT2D eigenvalue weighted by atomic mass is 9.91. The van der Waals surface area contributed by atoms with E-state index >= 15 is 0 Å². The van der Waals surface area contributed by atoms with Crippen LogP contribution in [0.3, 0.4) is 0 Å². The highest BCUT2D eigenvalue weighted by atomic mass is 16.5. The Morgan fingerprint density at radius 3 is 2.47 bits per heavy atom. The number of rotatable bonds is 4. The summed E-state index contributed by atoms with van der Waals surface area (Å²) in [6.45, 7) is 0. The van der Waals surface area contributed by atoms with Gasteiger partial charge in [0.25, 0.3) is 0 Å². The summed E-state index contributed by atoms with van der Waals surface area (Å²) < 4.78 is 10.8. The molecule has 0 bridgehead atoms. The van der Waals surface area contributed by atoms with Crippen LogP contribution in [0.1, 0.15) is 37.3 Å². The molecule has 1 saturated carbocycles. The molecule has 3 nitrogen and oxygen atoms in total. The summed E-state index contributed by atoms with van der Waals surface area (Å²) in [5, 5.41) is 0. The lowest BCUT2D eigenvalue weighted by molar-refractivity contribution is 0.342. The molecule has 1 aliphatic carbocycles. The molecule has 2 N–H and O–H groups in total. The zero-order valence-corrected chi connectivity index (χ0v) is 10.6. The van der Waals surface area contributed by atoms with Crippen LogP contribution in [-0.4, -0.2) is 14.2 Å². The van der Waals surface area contributed by atoms with Crippen LogP contribution in [0, 0.1) is 5.92 Å². The number of hydrogen-bond acceptors (Lipinski definition) is 3. The smallest absolute Gasteiger partial charge is 0.165 e. The van der Waals surface area contributed by atoms with Crippen molar-refractivity contribution in [3.05, 3.63) is 23.8 Å². The van der Waals surface area contributed by atoms with Gasteiger partial charge < -0.3 is 15.2 Å². The monoisotopic (exact) mass is 235 g/mol. The first kappa shape index (κ1) is 12.2. The Kier molecular flexibility index (Phi) is 3.89. The second-order valence-electron chi connectivity index (χ2n) is 4.65.